The first kappa shape index (κ1) is 26.7. The lowest BCUT2D eigenvalue weighted by molar-refractivity contribution is -0.117. The Hall–Kier alpha value is -3.38. The molecule has 2 aliphatic rings. The van der Waals surface area contributed by atoms with Crippen molar-refractivity contribution >= 4 is 12.0 Å². The topological polar surface area (TPSA) is 74.2 Å². The monoisotopic (exact) mass is 507 g/mol. The average Bonchev–Trinajstić information content (AvgIpc) is 2.91. The molecule has 6 nitrogen and oxygen atoms in total. The van der Waals surface area contributed by atoms with Crippen LogP contribution in [0.25, 0.3) is 0 Å². The number of carbonyl (C=O) groups is 1. The molecule has 2 N–H and O–H groups in total. The van der Waals surface area contributed by atoms with Gasteiger partial charge in [0.25, 0.3) is 6.43 Å². The molecule has 1 fully saturated rings. The van der Waals surface area contributed by atoms with Gasteiger partial charge >= 0.3 is 0 Å². The maximum Gasteiger partial charge on any atom is 0.250 e. The summed E-state index contributed by atoms with van der Waals surface area (Å²) in [6.45, 7) is 4.19. The molecule has 2 aliphatic heterocycles. The van der Waals surface area contributed by atoms with E-state index in [1.165, 1.54) is 11.8 Å². The lowest BCUT2D eigenvalue weighted by atomic mass is 9.92. The molecule has 0 aromatic heterocycles. The minimum Gasteiger partial charge on any atom is -0.503 e. The normalized spacial score (nSPS) is 17.1. The van der Waals surface area contributed by atoms with Crippen molar-refractivity contribution in [3.63, 3.8) is 0 Å². The first-order chi connectivity index (χ1) is 18.0. The van der Waals surface area contributed by atoms with Crippen molar-refractivity contribution in [3.05, 3.63) is 82.2 Å². The lowest BCUT2D eigenvalue weighted by Crippen LogP contribution is -2.35. The van der Waals surface area contributed by atoms with E-state index in [9.17, 15) is 18.7 Å². The van der Waals surface area contributed by atoms with Gasteiger partial charge in [-0.3, -0.25) is 14.7 Å². The van der Waals surface area contributed by atoms with E-state index < -0.39 is 13.0 Å². The second kappa shape index (κ2) is 13.2. The number of hydrogen-bond acceptors (Lipinski definition) is 6. The Balaban J connectivity index is 1.41. The smallest absolute Gasteiger partial charge is 0.250 e. The van der Waals surface area contributed by atoms with Crippen molar-refractivity contribution in [1.82, 2.24) is 10.2 Å². The van der Waals surface area contributed by atoms with E-state index in [2.05, 4.69) is 39.2 Å². The van der Waals surface area contributed by atoms with Gasteiger partial charge in [-0.05, 0) is 35.4 Å². The first-order valence-corrected chi connectivity index (χ1v) is 12.5. The number of rotatable bonds is 9. The molecule has 0 saturated carbocycles. The van der Waals surface area contributed by atoms with Gasteiger partial charge in [-0.25, -0.2) is 8.78 Å². The Kier molecular flexibility index (Phi) is 9.55. The first-order valence-electron chi connectivity index (χ1n) is 12.5. The molecule has 0 radical (unpaired) electrons. The number of Topliss-reactive ketones (excluding diaryl/α,β-unsaturated/α-hetero) is 1. The highest BCUT2D eigenvalue weighted by Gasteiger charge is 2.22. The summed E-state index contributed by atoms with van der Waals surface area (Å²) in [6.07, 6.45) is -0.678. The summed E-state index contributed by atoms with van der Waals surface area (Å²) in [7, 11) is 0. The summed E-state index contributed by atoms with van der Waals surface area (Å²) in [6, 6.07) is 15.8. The molecule has 2 heterocycles. The summed E-state index contributed by atoms with van der Waals surface area (Å²) < 4.78 is 30.7. The van der Waals surface area contributed by atoms with Crippen LogP contribution in [0.15, 0.2) is 65.0 Å². The summed E-state index contributed by atoms with van der Waals surface area (Å²) in [5, 5.41) is 12.9. The molecule has 4 rings (SSSR count). The predicted molar refractivity (Wildman–Crippen MR) is 139 cm³/mol. The fourth-order valence-corrected chi connectivity index (χ4v) is 4.31. The number of nitrogens with zero attached hydrogens (tertiary/aromatic N) is 2. The number of alkyl halides is 2. The Morgan fingerprint density at radius 3 is 2.30 bits per heavy atom. The molecule has 2 aromatic rings. The van der Waals surface area contributed by atoms with Gasteiger partial charge in [0.2, 0.25) is 5.78 Å². The Morgan fingerprint density at radius 1 is 1.00 bits per heavy atom. The molecular weight excluding hydrogens is 476 g/mol. The van der Waals surface area contributed by atoms with E-state index in [1.807, 2.05) is 36.4 Å². The molecule has 0 amide bonds. The second-order valence-electron chi connectivity index (χ2n) is 9.14. The number of nitrogens with one attached hydrogen (secondary N) is 1. The number of ether oxygens (including phenoxy) is 1. The zero-order chi connectivity index (χ0) is 26.0. The van der Waals surface area contributed by atoms with Crippen molar-refractivity contribution in [3.8, 4) is 11.8 Å². The zero-order valence-electron chi connectivity index (χ0n) is 20.6. The highest BCUT2D eigenvalue weighted by atomic mass is 19.3. The van der Waals surface area contributed by atoms with Crippen LogP contribution in [0.1, 0.15) is 41.0 Å². The van der Waals surface area contributed by atoms with Gasteiger partial charge in [-0.15, -0.1) is 0 Å². The third-order valence-electron chi connectivity index (χ3n) is 6.39. The maximum absolute atomic E-state index is 12.7. The van der Waals surface area contributed by atoms with Crippen LogP contribution in [0.4, 0.5) is 8.78 Å². The van der Waals surface area contributed by atoms with Crippen molar-refractivity contribution in [2.45, 2.75) is 31.7 Å². The van der Waals surface area contributed by atoms with Crippen molar-refractivity contribution < 1.29 is 23.4 Å². The van der Waals surface area contributed by atoms with Crippen LogP contribution in [-0.4, -0.2) is 67.8 Å². The highest BCUT2D eigenvalue weighted by Crippen LogP contribution is 2.27. The standard InChI is InChI=1S/C29H31F2N3O3/c30-28(31)19-32-18-25(17-26-29(36)27(35)11-12-33-26)24-9-7-22(8-10-24)2-1-21-3-5-23(6-4-21)20-34-13-15-37-16-14-34/h3-10,12,25,28,32,36H,11,13-20H2. The van der Waals surface area contributed by atoms with E-state index >= 15 is 0 Å². The van der Waals surface area contributed by atoms with E-state index in [1.54, 1.807) is 0 Å². The molecule has 1 atom stereocenters. The number of aliphatic hydroxyl groups is 1. The molecule has 2 aromatic carbocycles. The minimum absolute atomic E-state index is 0.0631. The summed E-state index contributed by atoms with van der Waals surface area (Å²) >= 11 is 0. The number of benzene rings is 2. The quantitative estimate of drug-likeness (QED) is 0.501. The largest absolute Gasteiger partial charge is 0.503 e. The number of carbonyl (C=O) groups excluding carboxylic acids is 1. The molecule has 0 spiro atoms. The van der Waals surface area contributed by atoms with Gasteiger partial charge in [0.1, 0.15) is 0 Å². The number of morpholine rings is 1. The van der Waals surface area contributed by atoms with Crippen molar-refractivity contribution in [1.29, 1.82) is 0 Å². The number of allylic oxidation sites excluding steroid dienone is 2. The van der Waals surface area contributed by atoms with Crippen LogP contribution in [0.2, 0.25) is 0 Å². The Morgan fingerprint density at radius 2 is 1.65 bits per heavy atom. The molecule has 0 bridgehead atoms. The predicted octanol–water partition coefficient (Wildman–Crippen LogP) is 4.06. The average molecular weight is 508 g/mol. The fraction of sp³-hybridized carbons (Fsp3) is 0.379. The number of hydrogen-bond donors (Lipinski definition) is 2. The number of aliphatic imine (C=N–C) groups is 1. The van der Waals surface area contributed by atoms with Crippen LogP contribution in [0.3, 0.4) is 0 Å². The molecule has 1 unspecified atom stereocenters. The zero-order valence-corrected chi connectivity index (χ0v) is 20.6. The van der Waals surface area contributed by atoms with E-state index in [0.717, 1.165) is 49.5 Å². The Labute approximate surface area is 216 Å². The Bertz CT molecular complexity index is 1180. The molecule has 0 aliphatic carbocycles. The van der Waals surface area contributed by atoms with Gasteiger partial charge in [0, 0.05) is 62.3 Å². The van der Waals surface area contributed by atoms with Gasteiger partial charge in [0.15, 0.2) is 5.76 Å². The molecular formula is C29H31F2N3O3. The van der Waals surface area contributed by atoms with E-state index in [0.29, 0.717) is 0 Å². The molecule has 8 heteroatoms. The number of ketones is 1. The van der Waals surface area contributed by atoms with Gasteiger partial charge in [-0.1, -0.05) is 36.1 Å². The van der Waals surface area contributed by atoms with E-state index in [4.69, 9.17) is 4.74 Å². The van der Waals surface area contributed by atoms with Crippen molar-refractivity contribution in [2.24, 2.45) is 4.99 Å². The number of halogens is 2. The lowest BCUT2D eigenvalue weighted by Gasteiger charge is -2.26. The third kappa shape index (κ3) is 8.05. The molecule has 1 saturated heterocycles. The second-order valence-corrected chi connectivity index (χ2v) is 9.14. The van der Waals surface area contributed by atoms with Gasteiger partial charge in [0.05, 0.1) is 25.5 Å². The minimum atomic E-state index is -2.46. The number of aliphatic hydroxyl groups excluding tert-OH is 1. The van der Waals surface area contributed by atoms with Gasteiger partial charge in [-0.2, -0.15) is 0 Å². The molecule has 37 heavy (non-hydrogen) atoms. The SMILES string of the molecule is O=C1CC=NC(CC(CNCC(F)F)c2ccc(C#Cc3ccc(CN4CCOCC4)cc3)cc2)=C1O. The van der Waals surface area contributed by atoms with Crippen LogP contribution >= 0.6 is 0 Å². The highest BCUT2D eigenvalue weighted by molar-refractivity contribution is 6.03. The maximum atomic E-state index is 12.7. The van der Waals surface area contributed by atoms with Crippen LogP contribution in [-0.2, 0) is 16.1 Å². The van der Waals surface area contributed by atoms with Crippen molar-refractivity contribution in [2.75, 3.05) is 39.4 Å². The van der Waals surface area contributed by atoms with E-state index in [-0.39, 0.29) is 42.5 Å². The third-order valence-corrected chi connectivity index (χ3v) is 6.39. The molecule has 194 valence electrons. The fourth-order valence-electron chi connectivity index (χ4n) is 4.31. The van der Waals surface area contributed by atoms with Gasteiger partial charge < -0.3 is 15.2 Å². The van der Waals surface area contributed by atoms with Crippen LogP contribution in [0.5, 0.6) is 0 Å². The van der Waals surface area contributed by atoms with Crippen LogP contribution in [0, 0.1) is 11.8 Å². The van der Waals surface area contributed by atoms with Crippen LogP contribution < -0.4 is 5.32 Å². The summed E-state index contributed by atoms with van der Waals surface area (Å²) in [4.78, 5) is 18.4. The summed E-state index contributed by atoms with van der Waals surface area (Å²) in [5.74, 6) is 5.38. The summed E-state index contributed by atoms with van der Waals surface area (Å²) in [5.41, 5.74) is 4.15.